The SMILES string of the molecule is O=S(=O)(Nc1cc(Br)ccc1Br)c1ccc2c(c1)CNC2. The minimum Gasteiger partial charge on any atom is -0.309 e. The molecule has 1 aliphatic rings. The van der Waals surface area contributed by atoms with Crippen molar-refractivity contribution >= 4 is 47.6 Å². The van der Waals surface area contributed by atoms with Gasteiger partial charge in [-0.15, -0.1) is 0 Å². The Morgan fingerprint density at radius 2 is 1.76 bits per heavy atom. The molecule has 3 rings (SSSR count). The van der Waals surface area contributed by atoms with Gasteiger partial charge in [-0.3, -0.25) is 4.72 Å². The Morgan fingerprint density at radius 1 is 1.00 bits per heavy atom. The Kier molecular flexibility index (Phi) is 4.09. The predicted octanol–water partition coefficient (Wildman–Crippen LogP) is 3.62. The minimum absolute atomic E-state index is 0.275. The summed E-state index contributed by atoms with van der Waals surface area (Å²) in [7, 11) is -3.60. The highest BCUT2D eigenvalue weighted by Crippen LogP contribution is 2.29. The van der Waals surface area contributed by atoms with Crippen molar-refractivity contribution in [1.82, 2.24) is 5.32 Å². The second kappa shape index (κ2) is 5.72. The summed E-state index contributed by atoms with van der Waals surface area (Å²) >= 11 is 6.68. The number of fused-ring (bicyclic) bond motifs is 1. The highest BCUT2D eigenvalue weighted by molar-refractivity contribution is 9.11. The van der Waals surface area contributed by atoms with Crippen molar-refractivity contribution in [2.75, 3.05) is 4.72 Å². The van der Waals surface area contributed by atoms with E-state index in [1.165, 1.54) is 0 Å². The molecule has 1 aliphatic heterocycles. The van der Waals surface area contributed by atoms with Gasteiger partial charge in [0, 0.05) is 22.0 Å². The first-order valence-electron chi connectivity index (χ1n) is 6.26. The maximum absolute atomic E-state index is 12.5. The maximum atomic E-state index is 12.5. The number of nitrogens with one attached hydrogen (secondary N) is 2. The Morgan fingerprint density at radius 3 is 2.57 bits per heavy atom. The lowest BCUT2D eigenvalue weighted by Gasteiger charge is -2.11. The molecule has 0 saturated heterocycles. The minimum atomic E-state index is -3.60. The third-order valence-corrected chi connectivity index (χ3v) is 5.84. The Balaban J connectivity index is 1.95. The molecule has 0 spiro atoms. The Bertz CT molecular complexity index is 807. The van der Waals surface area contributed by atoms with Gasteiger partial charge in [-0.25, -0.2) is 8.42 Å². The van der Waals surface area contributed by atoms with E-state index in [4.69, 9.17) is 0 Å². The van der Waals surface area contributed by atoms with E-state index in [1.807, 2.05) is 12.1 Å². The van der Waals surface area contributed by atoms with E-state index in [1.54, 1.807) is 24.3 Å². The maximum Gasteiger partial charge on any atom is 0.261 e. The molecule has 1 heterocycles. The van der Waals surface area contributed by atoms with Gasteiger partial charge < -0.3 is 5.32 Å². The summed E-state index contributed by atoms with van der Waals surface area (Å²) in [5, 5.41) is 3.20. The fourth-order valence-corrected chi connectivity index (χ4v) is 4.18. The standard InChI is InChI=1S/C14H12Br2N2O2S/c15-11-2-4-13(16)14(6-11)18-21(19,20)12-3-1-9-7-17-8-10(9)5-12/h1-6,17-18H,7-8H2. The van der Waals surface area contributed by atoms with Crippen LogP contribution in [0.5, 0.6) is 0 Å². The average molecular weight is 432 g/mol. The number of sulfonamides is 1. The van der Waals surface area contributed by atoms with Crippen LogP contribution in [-0.2, 0) is 23.1 Å². The largest absolute Gasteiger partial charge is 0.309 e. The fraction of sp³-hybridized carbons (Fsp3) is 0.143. The molecular weight excluding hydrogens is 420 g/mol. The monoisotopic (exact) mass is 430 g/mol. The zero-order chi connectivity index (χ0) is 15.0. The number of rotatable bonds is 3. The molecule has 0 fully saturated rings. The van der Waals surface area contributed by atoms with Crippen LogP contribution in [-0.4, -0.2) is 8.42 Å². The highest BCUT2D eigenvalue weighted by Gasteiger charge is 2.19. The summed E-state index contributed by atoms with van der Waals surface area (Å²) in [4.78, 5) is 0.275. The lowest BCUT2D eigenvalue weighted by Crippen LogP contribution is -2.13. The van der Waals surface area contributed by atoms with Gasteiger partial charge in [-0.2, -0.15) is 0 Å². The van der Waals surface area contributed by atoms with Gasteiger partial charge >= 0.3 is 0 Å². The van der Waals surface area contributed by atoms with Crippen LogP contribution < -0.4 is 10.0 Å². The average Bonchev–Trinajstić information content (AvgIpc) is 2.90. The van der Waals surface area contributed by atoms with E-state index in [0.29, 0.717) is 16.7 Å². The first-order chi connectivity index (χ1) is 9.95. The van der Waals surface area contributed by atoms with Crippen LogP contribution in [0.3, 0.4) is 0 Å². The smallest absolute Gasteiger partial charge is 0.261 e. The van der Waals surface area contributed by atoms with Crippen LogP contribution in [0.4, 0.5) is 5.69 Å². The molecule has 0 aromatic heterocycles. The summed E-state index contributed by atoms with van der Waals surface area (Å²) in [5.74, 6) is 0. The molecule has 0 atom stereocenters. The first-order valence-corrected chi connectivity index (χ1v) is 9.33. The summed E-state index contributed by atoms with van der Waals surface area (Å²) in [5.41, 5.74) is 2.69. The van der Waals surface area contributed by atoms with Gasteiger partial charge in [0.05, 0.1) is 10.6 Å². The first kappa shape index (κ1) is 15.0. The summed E-state index contributed by atoms with van der Waals surface area (Å²) in [6.07, 6.45) is 0. The molecule has 110 valence electrons. The van der Waals surface area contributed by atoms with Crippen molar-refractivity contribution in [2.24, 2.45) is 0 Å². The van der Waals surface area contributed by atoms with E-state index >= 15 is 0 Å². The number of anilines is 1. The number of halogens is 2. The number of hydrogen-bond acceptors (Lipinski definition) is 3. The Hall–Kier alpha value is -0.890. The van der Waals surface area contributed by atoms with E-state index in [9.17, 15) is 8.42 Å². The van der Waals surface area contributed by atoms with Gasteiger partial charge in [0.25, 0.3) is 10.0 Å². The molecule has 21 heavy (non-hydrogen) atoms. The van der Waals surface area contributed by atoms with Crippen LogP contribution in [0.25, 0.3) is 0 Å². The van der Waals surface area contributed by atoms with Crippen molar-refractivity contribution in [1.29, 1.82) is 0 Å². The zero-order valence-electron chi connectivity index (χ0n) is 10.9. The molecule has 0 radical (unpaired) electrons. The van der Waals surface area contributed by atoms with Gasteiger partial charge in [0.1, 0.15) is 0 Å². The molecule has 2 aromatic rings. The van der Waals surface area contributed by atoms with E-state index in [-0.39, 0.29) is 4.90 Å². The number of hydrogen-bond donors (Lipinski definition) is 2. The molecule has 0 unspecified atom stereocenters. The van der Waals surface area contributed by atoms with Gasteiger partial charge in [0.2, 0.25) is 0 Å². The predicted molar refractivity (Wildman–Crippen MR) is 89.6 cm³/mol. The van der Waals surface area contributed by atoms with Crippen molar-refractivity contribution in [2.45, 2.75) is 18.0 Å². The van der Waals surface area contributed by atoms with E-state index in [0.717, 1.165) is 22.1 Å². The van der Waals surface area contributed by atoms with Crippen LogP contribution >= 0.6 is 31.9 Å². The van der Waals surface area contributed by atoms with Crippen LogP contribution in [0.1, 0.15) is 11.1 Å². The molecule has 0 amide bonds. The fourth-order valence-electron chi connectivity index (χ4n) is 2.22. The van der Waals surface area contributed by atoms with Gasteiger partial charge in [-0.05, 0) is 57.4 Å². The molecule has 7 heteroatoms. The molecule has 2 aromatic carbocycles. The topological polar surface area (TPSA) is 58.2 Å². The molecule has 4 nitrogen and oxygen atoms in total. The summed E-state index contributed by atoms with van der Waals surface area (Å²) < 4.78 is 29.1. The van der Waals surface area contributed by atoms with E-state index in [2.05, 4.69) is 41.9 Å². The summed E-state index contributed by atoms with van der Waals surface area (Å²) in [6.45, 7) is 1.50. The van der Waals surface area contributed by atoms with Gasteiger partial charge in [-0.1, -0.05) is 22.0 Å². The Labute approximate surface area is 140 Å². The van der Waals surface area contributed by atoms with Crippen molar-refractivity contribution in [3.05, 3.63) is 56.5 Å². The van der Waals surface area contributed by atoms with Crippen molar-refractivity contribution < 1.29 is 8.42 Å². The third kappa shape index (κ3) is 3.15. The number of benzene rings is 2. The van der Waals surface area contributed by atoms with Crippen molar-refractivity contribution in [3.8, 4) is 0 Å². The lowest BCUT2D eigenvalue weighted by atomic mass is 10.1. The second-order valence-electron chi connectivity index (χ2n) is 4.76. The highest BCUT2D eigenvalue weighted by atomic mass is 79.9. The molecule has 0 aliphatic carbocycles. The van der Waals surface area contributed by atoms with Crippen LogP contribution in [0.15, 0.2) is 50.2 Å². The van der Waals surface area contributed by atoms with Crippen LogP contribution in [0, 0.1) is 0 Å². The lowest BCUT2D eigenvalue weighted by molar-refractivity contribution is 0.601. The second-order valence-corrected chi connectivity index (χ2v) is 8.22. The quantitative estimate of drug-likeness (QED) is 0.780. The molecular formula is C14H12Br2N2O2S. The van der Waals surface area contributed by atoms with Gasteiger partial charge in [0.15, 0.2) is 0 Å². The zero-order valence-corrected chi connectivity index (χ0v) is 14.8. The van der Waals surface area contributed by atoms with Crippen LogP contribution in [0.2, 0.25) is 0 Å². The molecule has 0 saturated carbocycles. The van der Waals surface area contributed by atoms with Crippen molar-refractivity contribution in [3.63, 3.8) is 0 Å². The normalized spacial score (nSPS) is 14.0. The molecule has 2 N–H and O–H groups in total. The molecule has 0 bridgehead atoms. The summed E-state index contributed by atoms with van der Waals surface area (Å²) in [6, 6.07) is 10.6. The third-order valence-electron chi connectivity index (χ3n) is 3.29. The van der Waals surface area contributed by atoms with E-state index < -0.39 is 10.0 Å².